The lowest BCUT2D eigenvalue weighted by atomic mass is 9.99. The molecule has 1 aromatic heterocycles. The van der Waals surface area contributed by atoms with Gasteiger partial charge in [-0.15, -0.1) is 0 Å². The van der Waals surface area contributed by atoms with Gasteiger partial charge in [0.1, 0.15) is 5.82 Å². The Bertz CT molecular complexity index is 1180. The minimum absolute atomic E-state index is 0.0816. The van der Waals surface area contributed by atoms with Crippen molar-refractivity contribution in [2.45, 2.75) is 16.6 Å². The molecule has 0 fully saturated rings. The number of nitrogens with zero attached hydrogens (tertiary/aromatic N) is 1. The third-order valence-corrected chi connectivity index (χ3v) is 6.72. The first-order valence-electron chi connectivity index (χ1n) is 7.47. The Balaban J connectivity index is 2.33. The third-order valence-electron chi connectivity index (χ3n) is 4.38. The number of carboxylic acids is 1. The van der Waals surface area contributed by atoms with Gasteiger partial charge in [0.15, 0.2) is 14.6 Å². The standard InChI is InChI=1S/C18H13FN2O4S/c1-18(17(22)23,15-10-21-16-6-5-12(19)8-14(15)16)26(24,25)13-4-2-3-11(7-13)9-20/h2-8,10,21H,1H3,(H,22,23). The zero-order valence-corrected chi connectivity index (χ0v) is 14.3. The zero-order valence-electron chi connectivity index (χ0n) is 13.5. The molecule has 1 unspecified atom stereocenters. The number of aromatic nitrogens is 1. The van der Waals surface area contributed by atoms with Gasteiger partial charge in [0.05, 0.1) is 16.5 Å². The molecule has 1 atom stereocenters. The largest absolute Gasteiger partial charge is 0.480 e. The van der Waals surface area contributed by atoms with Crippen LogP contribution in [0.1, 0.15) is 18.1 Å². The molecule has 0 aliphatic carbocycles. The molecule has 0 aliphatic heterocycles. The smallest absolute Gasteiger partial charge is 0.329 e. The van der Waals surface area contributed by atoms with Gasteiger partial charge in [0.25, 0.3) is 0 Å². The van der Waals surface area contributed by atoms with Crippen LogP contribution in [0.2, 0.25) is 0 Å². The quantitative estimate of drug-likeness (QED) is 0.731. The van der Waals surface area contributed by atoms with Crippen LogP contribution >= 0.6 is 0 Å². The lowest BCUT2D eigenvalue weighted by Crippen LogP contribution is -2.40. The molecule has 132 valence electrons. The van der Waals surface area contributed by atoms with E-state index in [9.17, 15) is 22.7 Å². The second-order valence-electron chi connectivity index (χ2n) is 5.87. The molecule has 0 radical (unpaired) electrons. The molecule has 8 heteroatoms. The SMILES string of the molecule is CC(C(=O)O)(c1c[nH]c2ccc(F)cc12)S(=O)(=O)c1cccc(C#N)c1. The van der Waals surface area contributed by atoms with Crippen molar-refractivity contribution in [1.82, 2.24) is 4.98 Å². The van der Waals surface area contributed by atoms with E-state index in [1.165, 1.54) is 36.5 Å². The fourth-order valence-electron chi connectivity index (χ4n) is 2.83. The van der Waals surface area contributed by atoms with Gasteiger partial charge in [-0.05, 0) is 43.3 Å². The number of rotatable bonds is 4. The number of fused-ring (bicyclic) bond motifs is 1. The van der Waals surface area contributed by atoms with E-state index in [-0.39, 0.29) is 21.4 Å². The van der Waals surface area contributed by atoms with Crippen LogP contribution in [0.25, 0.3) is 10.9 Å². The minimum atomic E-state index is -4.45. The number of nitriles is 1. The van der Waals surface area contributed by atoms with E-state index in [0.29, 0.717) is 5.52 Å². The van der Waals surface area contributed by atoms with E-state index < -0.39 is 26.4 Å². The Morgan fingerprint density at radius 2 is 2.00 bits per heavy atom. The van der Waals surface area contributed by atoms with Crippen molar-refractivity contribution in [1.29, 1.82) is 5.26 Å². The Labute approximate surface area is 148 Å². The highest BCUT2D eigenvalue weighted by atomic mass is 32.2. The number of carbonyl (C=O) groups is 1. The summed E-state index contributed by atoms with van der Waals surface area (Å²) >= 11 is 0. The van der Waals surface area contributed by atoms with Crippen molar-refractivity contribution >= 4 is 26.7 Å². The van der Waals surface area contributed by atoms with Crippen molar-refractivity contribution in [2.24, 2.45) is 0 Å². The summed E-state index contributed by atoms with van der Waals surface area (Å²) in [5.74, 6) is -2.22. The summed E-state index contributed by atoms with van der Waals surface area (Å²) in [5.41, 5.74) is 0.417. The molecule has 26 heavy (non-hydrogen) atoms. The molecule has 6 nitrogen and oxygen atoms in total. The van der Waals surface area contributed by atoms with Crippen LogP contribution in [0.5, 0.6) is 0 Å². The molecule has 1 heterocycles. The first-order valence-corrected chi connectivity index (χ1v) is 8.95. The highest BCUT2D eigenvalue weighted by Gasteiger charge is 2.50. The molecule has 0 saturated carbocycles. The van der Waals surface area contributed by atoms with E-state index >= 15 is 0 Å². The molecule has 2 N–H and O–H groups in total. The van der Waals surface area contributed by atoms with Crippen LogP contribution in [0, 0.1) is 17.1 Å². The molecule has 3 rings (SSSR count). The number of H-pyrrole nitrogens is 1. The lowest BCUT2D eigenvalue weighted by Gasteiger charge is -2.25. The number of hydrogen-bond donors (Lipinski definition) is 2. The average molecular weight is 372 g/mol. The van der Waals surface area contributed by atoms with E-state index in [4.69, 9.17) is 5.26 Å². The maximum Gasteiger partial charge on any atom is 0.329 e. The van der Waals surface area contributed by atoms with Crippen molar-refractivity contribution in [2.75, 3.05) is 0 Å². The summed E-state index contributed by atoms with van der Waals surface area (Å²) in [6.45, 7) is 1.05. The zero-order chi connectivity index (χ0) is 19.1. The van der Waals surface area contributed by atoms with Gasteiger partial charge in [-0.2, -0.15) is 5.26 Å². The highest BCUT2D eigenvalue weighted by molar-refractivity contribution is 7.93. The fourth-order valence-corrected chi connectivity index (χ4v) is 4.53. The second kappa shape index (κ2) is 5.97. The van der Waals surface area contributed by atoms with Crippen LogP contribution in [0.15, 0.2) is 53.6 Å². The number of carboxylic acid groups (broad SMARTS) is 1. The molecule has 0 amide bonds. The summed E-state index contributed by atoms with van der Waals surface area (Å²) in [5, 5.41) is 19.0. The van der Waals surface area contributed by atoms with Gasteiger partial charge < -0.3 is 10.1 Å². The van der Waals surface area contributed by atoms with E-state index in [1.807, 2.05) is 6.07 Å². The minimum Gasteiger partial charge on any atom is -0.480 e. The number of sulfone groups is 1. The predicted octanol–water partition coefficient (Wildman–Crippen LogP) is 2.95. The van der Waals surface area contributed by atoms with Crippen LogP contribution in [0.4, 0.5) is 4.39 Å². The highest BCUT2D eigenvalue weighted by Crippen LogP contribution is 2.39. The normalized spacial score (nSPS) is 13.9. The van der Waals surface area contributed by atoms with Crippen molar-refractivity contribution < 1.29 is 22.7 Å². The van der Waals surface area contributed by atoms with Gasteiger partial charge in [-0.1, -0.05) is 6.07 Å². The Morgan fingerprint density at radius 1 is 1.27 bits per heavy atom. The number of hydrogen-bond acceptors (Lipinski definition) is 4. The van der Waals surface area contributed by atoms with E-state index in [2.05, 4.69) is 4.98 Å². The first-order chi connectivity index (χ1) is 12.2. The number of halogens is 1. The maximum atomic E-state index is 13.7. The topological polar surface area (TPSA) is 111 Å². The van der Waals surface area contributed by atoms with Crippen LogP contribution in [-0.4, -0.2) is 24.5 Å². The molecular formula is C18H13FN2O4S. The monoisotopic (exact) mass is 372 g/mol. The number of aliphatic carboxylic acids is 1. The van der Waals surface area contributed by atoms with Crippen molar-refractivity contribution in [3.8, 4) is 6.07 Å². The Hall–Kier alpha value is -3.18. The van der Waals surface area contributed by atoms with Crippen LogP contribution < -0.4 is 0 Å². The first kappa shape index (κ1) is 17.6. The van der Waals surface area contributed by atoms with Gasteiger partial charge in [0.2, 0.25) is 0 Å². The van der Waals surface area contributed by atoms with Crippen molar-refractivity contribution in [3.05, 3.63) is 65.6 Å². The fraction of sp³-hybridized carbons (Fsp3) is 0.111. The molecule has 3 aromatic rings. The molecule has 0 bridgehead atoms. The van der Waals surface area contributed by atoms with Crippen molar-refractivity contribution in [3.63, 3.8) is 0 Å². The van der Waals surface area contributed by atoms with Crippen LogP contribution in [-0.2, 0) is 19.4 Å². The number of aromatic amines is 1. The van der Waals surface area contributed by atoms with E-state index in [1.54, 1.807) is 0 Å². The second-order valence-corrected chi connectivity index (χ2v) is 8.17. The molecule has 2 aromatic carbocycles. The summed E-state index contributed by atoms with van der Waals surface area (Å²) in [7, 11) is -4.45. The Morgan fingerprint density at radius 3 is 2.65 bits per heavy atom. The summed E-state index contributed by atoms with van der Waals surface area (Å²) < 4.78 is 37.7. The maximum absolute atomic E-state index is 13.7. The van der Waals surface area contributed by atoms with E-state index in [0.717, 1.165) is 19.1 Å². The molecule has 0 aliphatic rings. The molecule has 0 spiro atoms. The predicted molar refractivity (Wildman–Crippen MR) is 91.6 cm³/mol. The third kappa shape index (κ3) is 2.45. The van der Waals surface area contributed by atoms with Gasteiger partial charge in [0, 0.05) is 22.7 Å². The number of benzene rings is 2. The molecule has 0 saturated heterocycles. The Kier molecular flexibility index (Phi) is 4.05. The molecular weight excluding hydrogens is 359 g/mol. The lowest BCUT2D eigenvalue weighted by molar-refractivity contribution is -0.139. The summed E-state index contributed by atoms with van der Waals surface area (Å²) in [4.78, 5) is 14.5. The van der Waals surface area contributed by atoms with Crippen LogP contribution in [0.3, 0.4) is 0 Å². The summed E-state index contributed by atoms with van der Waals surface area (Å²) in [6, 6.07) is 10.6. The van der Waals surface area contributed by atoms with Gasteiger partial charge in [-0.25, -0.2) is 12.8 Å². The van der Waals surface area contributed by atoms with Gasteiger partial charge in [-0.3, -0.25) is 4.79 Å². The van der Waals surface area contributed by atoms with Gasteiger partial charge >= 0.3 is 5.97 Å². The summed E-state index contributed by atoms with van der Waals surface area (Å²) in [6.07, 6.45) is 1.25. The number of nitrogens with one attached hydrogen (secondary N) is 1. The average Bonchev–Trinajstić information content (AvgIpc) is 3.03.